The number of nitrogens with zero attached hydrogens (tertiary/aromatic N) is 4. The Morgan fingerprint density at radius 2 is 2.07 bits per heavy atom. The molecule has 1 N–H and O–H groups in total. The molecule has 0 fully saturated rings. The van der Waals surface area contributed by atoms with Crippen molar-refractivity contribution in [2.75, 3.05) is 0 Å². The van der Waals surface area contributed by atoms with Crippen LogP contribution in [-0.4, -0.2) is 31.5 Å². The van der Waals surface area contributed by atoms with Crippen LogP contribution >= 0.6 is 23.4 Å². The first-order valence-electron chi connectivity index (χ1n) is 8.50. The SMILES string of the molecule is CCCC1=NN2C(=N)/C(=C/c3cccn3-c3ccccc3Cl)C(=O)N=C2S1. The molecule has 0 unspecified atom stereocenters. The lowest BCUT2D eigenvalue weighted by Gasteiger charge is -2.20. The van der Waals surface area contributed by atoms with Gasteiger partial charge in [0.1, 0.15) is 5.04 Å². The highest BCUT2D eigenvalue weighted by Gasteiger charge is 2.35. The topological polar surface area (TPSA) is 73.8 Å². The maximum absolute atomic E-state index is 12.5. The smallest absolute Gasteiger partial charge is 0.283 e. The van der Waals surface area contributed by atoms with E-state index in [0.717, 1.165) is 29.3 Å². The number of para-hydroxylation sites is 1. The van der Waals surface area contributed by atoms with Crippen molar-refractivity contribution in [1.82, 2.24) is 9.58 Å². The zero-order valence-corrected chi connectivity index (χ0v) is 16.1. The summed E-state index contributed by atoms with van der Waals surface area (Å²) in [5.74, 6) is -0.394. The molecule has 2 aliphatic rings. The van der Waals surface area contributed by atoms with E-state index in [1.54, 1.807) is 6.08 Å². The predicted molar refractivity (Wildman–Crippen MR) is 111 cm³/mol. The van der Waals surface area contributed by atoms with Crippen molar-refractivity contribution in [1.29, 1.82) is 5.41 Å². The number of fused-ring (bicyclic) bond motifs is 1. The Morgan fingerprint density at radius 1 is 1.26 bits per heavy atom. The van der Waals surface area contributed by atoms with E-state index >= 15 is 0 Å². The molecule has 0 saturated carbocycles. The van der Waals surface area contributed by atoms with Crippen LogP contribution in [0.3, 0.4) is 0 Å². The van der Waals surface area contributed by atoms with Gasteiger partial charge in [0, 0.05) is 11.9 Å². The fraction of sp³-hybridized carbons (Fsp3) is 0.158. The number of nitrogens with one attached hydrogen (secondary N) is 1. The molecule has 0 spiro atoms. The van der Waals surface area contributed by atoms with Crippen LogP contribution < -0.4 is 0 Å². The second kappa shape index (κ2) is 7.17. The molecule has 6 nitrogen and oxygen atoms in total. The van der Waals surface area contributed by atoms with Gasteiger partial charge in [-0.2, -0.15) is 15.1 Å². The van der Waals surface area contributed by atoms with E-state index in [1.807, 2.05) is 47.2 Å². The van der Waals surface area contributed by atoms with E-state index in [0.29, 0.717) is 10.2 Å². The van der Waals surface area contributed by atoms with Gasteiger partial charge in [-0.05, 0) is 54.9 Å². The summed E-state index contributed by atoms with van der Waals surface area (Å²) in [6, 6.07) is 11.2. The number of amides is 1. The molecule has 1 aromatic carbocycles. The van der Waals surface area contributed by atoms with Gasteiger partial charge in [0.05, 0.1) is 16.3 Å². The first-order chi connectivity index (χ1) is 13.1. The fourth-order valence-electron chi connectivity index (χ4n) is 2.87. The highest BCUT2D eigenvalue weighted by Crippen LogP contribution is 2.30. The monoisotopic (exact) mass is 397 g/mol. The van der Waals surface area contributed by atoms with E-state index in [4.69, 9.17) is 17.0 Å². The Bertz CT molecular complexity index is 1040. The van der Waals surface area contributed by atoms with Gasteiger partial charge in [-0.15, -0.1) is 0 Å². The number of halogens is 1. The van der Waals surface area contributed by atoms with Gasteiger partial charge in [-0.1, -0.05) is 30.7 Å². The third-order valence-corrected chi connectivity index (χ3v) is 5.43. The summed E-state index contributed by atoms with van der Waals surface area (Å²) < 4.78 is 1.87. The van der Waals surface area contributed by atoms with Crippen molar-refractivity contribution in [2.24, 2.45) is 10.1 Å². The average molecular weight is 398 g/mol. The third-order valence-electron chi connectivity index (χ3n) is 4.14. The molecule has 1 amide bonds. The summed E-state index contributed by atoms with van der Waals surface area (Å²) >= 11 is 7.66. The molecule has 2 aliphatic heterocycles. The van der Waals surface area contributed by atoms with Crippen LogP contribution in [0.15, 0.2) is 58.3 Å². The third kappa shape index (κ3) is 3.24. The Kier molecular flexibility index (Phi) is 4.72. The number of amidine groups is 2. The summed E-state index contributed by atoms with van der Waals surface area (Å²) in [4.78, 5) is 16.6. The number of carbonyl (C=O) groups excluding carboxylic acids is 1. The van der Waals surface area contributed by atoms with E-state index < -0.39 is 5.91 Å². The van der Waals surface area contributed by atoms with Gasteiger partial charge >= 0.3 is 0 Å². The van der Waals surface area contributed by atoms with E-state index in [9.17, 15) is 4.79 Å². The summed E-state index contributed by atoms with van der Waals surface area (Å²) in [5, 5.41) is 16.2. The van der Waals surface area contributed by atoms with Gasteiger partial charge in [0.15, 0.2) is 5.84 Å². The summed E-state index contributed by atoms with van der Waals surface area (Å²) in [6.07, 6.45) is 5.27. The lowest BCUT2D eigenvalue weighted by molar-refractivity contribution is -0.114. The Morgan fingerprint density at radius 3 is 2.85 bits per heavy atom. The van der Waals surface area contributed by atoms with Crippen molar-refractivity contribution in [3.8, 4) is 5.69 Å². The minimum atomic E-state index is -0.432. The molecule has 136 valence electrons. The fourth-order valence-corrected chi connectivity index (χ4v) is 4.09. The number of hydrazone groups is 1. The number of hydrogen-bond donors (Lipinski definition) is 1. The zero-order chi connectivity index (χ0) is 19.0. The standard InChI is InChI=1S/C19H16ClN5OS/c1-2-6-16-23-25-17(21)13(18(26)22-19(25)27-16)11-12-7-5-10-24(12)15-9-4-3-8-14(15)20/h3-5,7-11,21H,2,6H2,1H3/b13-11-,21-17?. The molecule has 0 aliphatic carbocycles. The number of aliphatic imine (C=N–C) groups is 1. The minimum absolute atomic E-state index is 0.0375. The second-order valence-electron chi connectivity index (χ2n) is 6.02. The van der Waals surface area contributed by atoms with E-state index in [1.165, 1.54) is 16.8 Å². The van der Waals surface area contributed by atoms with Crippen LogP contribution in [-0.2, 0) is 4.79 Å². The van der Waals surface area contributed by atoms with Gasteiger partial charge in [0.25, 0.3) is 5.91 Å². The normalized spacial score (nSPS) is 18.0. The minimum Gasteiger partial charge on any atom is -0.316 e. The Balaban J connectivity index is 1.72. The van der Waals surface area contributed by atoms with Crippen molar-refractivity contribution in [3.05, 3.63) is 58.9 Å². The van der Waals surface area contributed by atoms with Crippen LogP contribution in [0.4, 0.5) is 0 Å². The lowest BCUT2D eigenvalue weighted by Crippen LogP contribution is -2.35. The van der Waals surface area contributed by atoms with Crippen LogP contribution in [0.5, 0.6) is 0 Å². The van der Waals surface area contributed by atoms with Crippen molar-refractivity contribution in [2.45, 2.75) is 19.8 Å². The average Bonchev–Trinajstić information content (AvgIpc) is 3.26. The van der Waals surface area contributed by atoms with Gasteiger partial charge in [0.2, 0.25) is 5.17 Å². The summed E-state index contributed by atoms with van der Waals surface area (Å²) in [6.45, 7) is 2.06. The molecular weight excluding hydrogens is 382 g/mol. The van der Waals surface area contributed by atoms with Crippen LogP contribution in [0, 0.1) is 5.41 Å². The molecule has 0 bridgehead atoms. The summed E-state index contributed by atoms with van der Waals surface area (Å²) in [5.41, 5.74) is 1.74. The number of aromatic nitrogens is 1. The zero-order valence-electron chi connectivity index (χ0n) is 14.5. The van der Waals surface area contributed by atoms with Crippen LogP contribution in [0.25, 0.3) is 11.8 Å². The largest absolute Gasteiger partial charge is 0.316 e. The second-order valence-corrected chi connectivity index (χ2v) is 7.47. The molecule has 0 atom stereocenters. The number of thioether (sulfide) groups is 1. The molecule has 27 heavy (non-hydrogen) atoms. The van der Waals surface area contributed by atoms with E-state index in [-0.39, 0.29) is 11.4 Å². The Labute approximate surface area is 165 Å². The number of benzene rings is 1. The maximum atomic E-state index is 12.5. The van der Waals surface area contributed by atoms with Gasteiger partial charge in [-0.3, -0.25) is 10.2 Å². The molecule has 8 heteroatoms. The quantitative estimate of drug-likeness (QED) is 0.769. The lowest BCUT2D eigenvalue weighted by atomic mass is 10.1. The molecule has 4 rings (SSSR count). The first kappa shape index (κ1) is 17.8. The first-order valence-corrected chi connectivity index (χ1v) is 9.69. The van der Waals surface area contributed by atoms with Crippen molar-refractivity contribution < 1.29 is 4.79 Å². The maximum Gasteiger partial charge on any atom is 0.283 e. The van der Waals surface area contributed by atoms with Crippen LogP contribution in [0.1, 0.15) is 25.5 Å². The molecule has 0 radical (unpaired) electrons. The van der Waals surface area contributed by atoms with Gasteiger partial charge in [-0.25, -0.2) is 0 Å². The number of rotatable bonds is 4. The highest BCUT2D eigenvalue weighted by atomic mass is 35.5. The molecule has 3 heterocycles. The Hall–Kier alpha value is -2.64. The van der Waals surface area contributed by atoms with E-state index in [2.05, 4.69) is 17.0 Å². The molecule has 2 aromatic rings. The van der Waals surface area contributed by atoms with Crippen molar-refractivity contribution >= 4 is 51.4 Å². The number of carbonyl (C=O) groups is 1. The van der Waals surface area contributed by atoms with Crippen LogP contribution in [0.2, 0.25) is 5.02 Å². The molecule has 1 aromatic heterocycles. The van der Waals surface area contributed by atoms with Crippen molar-refractivity contribution in [3.63, 3.8) is 0 Å². The summed E-state index contributed by atoms with van der Waals surface area (Å²) in [7, 11) is 0. The number of hydrogen-bond acceptors (Lipinski definition) is 4. The molecular formula is C19H16ClN5OS. The van der Waals surface area contributed by atoms with Gasteiger partial charge < -0.3 is 4.57 Å². The highest BCUT2D eigenvalue weighted by molar-refractivity contribution is 8.26. The predicted octanol–water partition coefficient (Wildman–Crippen LogP) is 4.55. The molecule has 0 saturated heterocycles.